The van der Waals surface area contributed by atoms with E-state index in [0.717, 1.165) is 0 Å². The summed E-state index contributed by atoms with van der Waals surface area (Å²) in [5.74, 6) is -0.461. The van der Waals surface area contributed by atoms with E-state index >= 15 is 0 Å². The molecule has 0 unspecified atom stereocenters. The molecule has 1 fully saturated rings. The van der Waals surface area contributed by atoms with Gasteiger partial charge in [-0.2, -0.15) is 0 Å². The van der Waals surface area contributed by atoms with Crippen molar-refractivity contribution in [1.82, 2.24) is 9.88 Å². The van der Waals surface area contributed by atoms with Gasteiger partial charge in [-0.25, -0.2) is 9.78 Å². The second-order valence-electron chi connectivity index (χ2n) is 6.88. The summed E-state index contributed by atoms with van der Waals surface area (Å²) in [5, 5.41) is 4.78. The molecule has 1 N–H and O–H groups in total. The number of nitrogens with one attached hydrogen (secondary N) is 1. The molecule has 8 nitrogen and oxygen atoms in total. The van der Waals surface area contributed by atoms with Crippen molar-refractivity contribution >= 4 is 28.5 Å². The van der Waals surface area contributed by atoms with Gasteiger partial charge in [0.1, 0.15) is 17.6 Å². The van der Waals surface area contributed by atoms with Crippen LogP contribution in [0.1, 0.15) is 25.5 Å². The van der Waals surface area contributed by atoms with Gasteiger partial charge in [-0.1, -0.05) is 6.07 Å². The van der Waals surface area contributed by atoms with E-state index in [4.69, 9.17) is 9.47 Å². The summed E-state index contributed by atoms with van der Waals surface area (Å²) in [5.41, 5.74) is 0.521. The molecule has 1 aromatic heterocycles. The molecule has 174 valence electrons. The van der Waals surface area contributed by atoms with Gasteiger partial charge in [0.2, 0.25) is 0 Å². The average Bonchev–Trinajstić information content (AvgIpc) is 3.14. The van der Waals surface area contributed by atoms with Gasteiger partial charge < -0.3 is 19.1 Å². The number of thiazole rings is 1. The molecule has 0 atom stereocenters. The first-order valence-corrected chi connectivity index (χ1v) is 10.8. The van der Waals surface area contributed by atoms with Crippen molar-refractivity contribution in [2.45, 2.75) is 38.7 Å². The lowest BCUT2D eigenvalue weighted by atomic mass is 10.1. The van der Waals surface area contributed by atoms with E-state index in [2.05, 4.69) is 15.0 Å². The lowest BCUT2D eigenvalue weighted by molar-refractivity contribution is -0.274. The largest absolute Gasteiger partial charge is 0.573 e. The van der Waals surface area contributed by atoms with Gasteiger partial charge in [-0.3, -0.25) is 10.1 Å². The minimum atomic E-state index is -4.77. The zero-order chi connectivity index (χ0) is 23.1. The van der Waals surface area contributed by atoms with Crippen molar-refractivity contribution in [3.05, 3.63) is 35.3 Å². The van der Waals surface area contributed by atoms with Crippen LogP contribution in [0, 0.1) is 0 Å². The number of halogens is 3. The first-order valence-electron chi connectivity index (χ1n) is 9.90. The predicted octanol–water partition coefficient (Wildman–Crippen LogP) is 4.22. The van der Waals surface area contributed by atoms with Crippen LogP contribution >= 0.6 is 11.3 Å². The van der Waals surface area contributed by atoms with Crippen LogP contribution in [0.4, 0.5) is 23.1 Å². The smallest absolute Gasteiger partial charge is 0.490 e. The maximum absolute atomic E-state index is 12.5. The molecule has 1 aromatic carbocycles. The molecule has 1 aliphatic heterocycles. The molecule has 32 heavy (non-hydrogen) atoms. The summed E-state index contributed by atoms with van der Waals surface area (Å²) in [6.07, 6.45) is -3.93. The number of esters is 1. The van der Waals surface area contributed by atoms with Crippen molar-refractivity contribution in [1.29, 1.82) is 0 Å². The maximum atomic E-state index is 12.5. The second kappa shape index (κ2) is 10.5. The fourth-order valence-electron chi connectivity index (χ4n) is 3.09. The summed E-state index contributed by atoms with van der Waals surface area (Å²) in [6, 6.07) is 5.04. The Kier molecular flexibility index (Phi) is 7.78. The van der Waals surface area contributed by atoms with Gasteiger partial charge in [0.15, 0.2) is 5.13 Å². The highest BCUT2D eigenvalue weighted by Crippen LogP contribution is 2.28. The summed E-state index contributed by atoms with van der Waals surface area (Å²) < 4.78 is 51.6. The molecule has 1 aliphatic rings. The van der Waals surface area contributed by atoms with Crippen molar-refractivity contribution < 1.29 is 37.0 Å². The normalized spacial score (nSPS) is 14.7. The number of alkyl halides is 3. The van der Waals surface area contributed by atoms with Gasteiger partial charge in [0, 0.05) is 37.4 Å². The Morgan fingerprint density at radius 2 is 1.97 bits per heavy atom. The van der Waals surface area contributed by atoms with E-state index in [9.17, 15) is 22.8 Å². The van der Waals surface area contributed by atoms with Gasteiger partial charge in [0.05, 0.1) is 18.7 Å². The second-order valence-corrected chi connectivity index (χ2v) is 7.74. The lowest BCUT2D eigenvalue weighted by Gasteiger charge is -2.32. The Bertz CT molecular complexity index is 929. The van der Waals surface area contributed by atoms with E-state index in [1.165, 1.54) is 29.5 Å². The van der Waals surface area contributed by atoms with Crippen molar-refractivity contribution in [2.24, 2.45) is 0 Å². The van der Waals surface area contributed by atoms with Crippen molar-refractivity contribution in [3.8, 4) is 11.5 Å². The topological polar surface area (TPSA) is 90.0 Å². The van der Waals surface area contributed by atoms with E-state index in [-0.39, 0.29) is 36.0 Å². The number of ether oxygens (including phenoxy) is 3. The van der Waals surface area contributed by atoms with Crippen molar-refractivity contribution in [2.75, 3.05) is 25.0 Å². The number of carbonyl (C=O) groups is 2. The molecular formula is C20H22F3N3O5S. The zero-order valence-corrected chi connectivity index (χ0v) is 18.0. The van der Waals surface area contributed by atoms with Crippen LogP contribution < -0.4 is 14.8 Å². The number of anilines is 1. The van der Waals surface area contributed by atoms with Crippen LogP contribution in [0.3, 0.4) is 0 Å². The van der Waals surface area contributed by atoms with Crippen LogP contribution in [-0.2, 0) is 16.0 Å². The standard InChI is InChI=1S/C20H22F3N3O5S/c1-2-29-17(27)10-13-12-32-18(24-13)25-19(28)26-8-6-14(7-9-26)30-15-4-3-5-16(11-15)31-20(21,22)23/h3-5,11-12,14H,2,6-10H2,1H3,(H,24,25,28). The first kappa shape index (κ1) is 23.6. The lowest BCUT2D eigenvalue weighted by Crippen LogP contribution is -2.43. The minimum absolute atomic E-state index is 0.0398. The number of hydrogen-bond acceptors (Lipinski definition) is 7. The molecule has 2 aromatic rings. The number of rotatable bonds is 7. The zero-order valence-electron chi connectivity index (χ0n) is 17.2. The van der Waals surface area contributed by atoms with Gasteiger partial charge in [-0.05, 0) is 19.1 Å². The third-order valence-electron chi connectivity index (χ3n) is 4.47. The number of benzene rings is 1. The average molecular weight is 473 g/mol. The molecular weight excluding hydrogens is 451 g/mol. The van der Waals surface area contributed by atoms with E-state index in [1.807, 2.05) is 0 Å². The molecule has 3 rings (SSSR count). The highest BCUT2D eigenvalue weighted by atomic mass is 32.1. The number of hydrogen-bond donors (Lipinski definition) is 1. The highest BCUT2D eigenvalue weighted by Gasteiger charge is 2.31. The van der Waals surface area contributed by atoms with Crippen LogP contribution in [0.15, 0.2) is 29.6 Å². The molecule has 2 amide bonds. The molecule has 2 heterocycles. The van der Waals surface area contributed by atoms with Crippen LogP contribution in [0.5, 0.6) is 11.5 Å². The SMILES string of the molecule is CCOC(=O)Cc1csc(NC(=O)N2CCC(Oc3cccc(OC(F)(F)F)c3)CC2)n1. The molecule has 0 bridgehead atoms. The third-order valence-corrected chi connectivity index (χ3v) is 5.27. The fourth-order valence-corrected chi connectivity index (χ4v) is 3.79. The molecule has 1 saturated heterocycles. The molecule has 0 saturated carbocycles. The molecule has 12 heteroatoms. The summed E-state index contributed by atoms with van der Waals surface area (Å²) in [4.78, 5) is 29.8. The van der Waals surface area contributed by atoms with Crippen LogP contribution in [0.2, 0.25) is 0 Å². The van der Waals surface area contributed by atoms with Crippen molar-refractivity contribution in [3.63, 3.8) is 0 Å². The highest BCUT2D eigenvalue weighted by molar-refractivity contribution is 7.13. The molecule has 0 radical (unpaired) electrons. The maximum Gasteiger partial charge on any atom is 0.573 e. The predicted molar refractivity (Wildman–Crippen MR) is 110 cm³/mol. The number of likely N-dealkylation sites (tertiary alicyclic amines) is 1. The number of piperidine rings is 1. The van der Waals surface area contributed by atoms with E-state index in [0.29, 0.717) is 43.4 Å². The van der Waals surface area contributed by atoms with Gasteiger partial charge in [0.25, 0.3) is 0 Å². The number of aromatic nitrogens is 1. The monoisotopic (exact) mass is 473 g/mol. The van der Waals surface area contributed by atoms with E-state index in [1.54, 1.807) is 23.3 Å². The number of carbonyl (C=O) groups excluding carboxylic acids is 2. The summed E-state index contributed by atoms with van der Waals surface area (Å²) >= 11 is 1.22. The minimum Gasteiger partial charge on any atom is -0.490 e. The quantitative estimate of drug-likeness (QED) is 0.606. The number of amides is 2. The Balaban J connectivity index is 1.45. The van der Waals surface area contributed by atoms with Gasteiger partial charge in [-0.15, -0.1) is 24.5 Å². The third kappa shape index (κ3) is 7.29. The van der Waals surface area contributed by atoms with E-state index < -0.39 is 6.36 Å². The number of urea groups is 1. The number of nitrogens with zero attached hydrogens (tertiary/aromatic N) is 2. The fraction of sp³-hybridized carbons (Fsp3) is 0.450. The molecule has 0 spiro atoms. The Morgan fingerprint density at radius 1 is 1.25 bits per heavy atom. The first-order chi connectivity index (χ1) is 15.2. The Hall–Kier alpha value is -3.02. The summed E-state index contributed by atoms with van der Waals surface area (Å²) in [7, 11) is 0. The van der Waals surface area contributed by atoms with Crippen LogP contribution in [-0.4, -0.2) is 54.0 Å². The molecule has 0 aliphatic carbocycles. The Morgan fingerprint density at radius 3 is 2.66 bits per heavy atom. The summed E-state index contributed by atoms with van der Waals surface area (Å²) in [6.45, 7) is 2.84. The van der Waals surface area contributed by atoms with Crippen LogP contribution in [0.25, 0.3) is 0 Å². The Labute approximate surface area is 186 Å². The van der Waals surface area contributed by atoms with Gasteiger partial charge >= 0.3 is 18.4 Å².